The van der Waals surface area contributed by atoms with Crippen LogP contribution < -0.4 is 4.90 Å². The molecule has 0 saturated carbocycles. The highest BCUT2D eigenvalue weighted by atomic mass is 35.5. The average Bonchev–Trinajstić information content (AvgIpc) is 2.24. The highest BCUT2D eigenvalue weighted by molar-refractivity contribution is 6.30. The van der Waals surface area contributed by atoms with E-state index < -0.39 is 0 Å². The molecule has 0 unspecified atom stereocenters. The molecule has 0 saturated heterocycles. The zero-order chi connectivity index (χ0) is 11.4. The summed E-state index contributed by atoms with van der Waals surface area (Å²) in [6.07, 6.45) is 0.891. The van der Waals surface area contributed by atoms with E-state index in [2.05, 4.69) is 35.6 Å². The van der Waals surface area contributed by atoms with E-state index in [1.54, 1.807) is 0 Å². The first-order valence-electron chi connectivity index (χ1n) is 5.41. The fourth-order valence-electron chi connectivity index (χ4n) is 1.51. The molecule has 0 spiro atoms. The monoisotopic (exact) mass is 227 g/mol. The summed E-state index contributed by atoms with van der Waals surface area (Å²) in [5.74, 6) is 0.743. The zero-order valence-corrected chi connectivity index (χ0v) is 10.6. The van der Waals surface area contributed by atoms with Crippen LogP contribution in [0.2, 0.25) is 5.15 Å². The van der Waals surface area contributed by atoms with E-state index in [1.165, 1.54) is 0 Å². The smallest absolute Gasteiger partial charge is 0.226 e. The molecule has 84 valence electrons. The maximum atomic E-state index is 6.08. The first kappa shape index (κ1) is 12.2. The quantitative estimate of drug-likeness (QED) is 0.741. The lowest BCUT2D eigenvalue weighted by atomic mass is 10.2. The average molecular weight is 228 g/mol. The molecule has 0 N–H and O–H groups in total. The van der Waals surface area contributed by atoms with Gasteiger partial charge in [0.15, 0.2) is 0 Å². The molecule has 1 aromatic heterocycles. The molecule has 0 aromatic carbocycles. The molecule has 1 rings (SSSR count). The SMILES string of the molecule is CCc1nc(N(CC)CC)nc(Cl)c1C. The molecule has 1 heterocycles. The van der Waals surface area contributed by atoms with E-state index in [4.69, 9.17) is 11.6 Å². The summed E-state index contributed by atoms with van der Waals surface area (Å²) in [5, 5.41) is 0.573. The second-order valence-electron chi connectivity index (χ2n) is 3.41. The Morgan fingerprint density at radius 1 is 1.13 bits per heavy atom. The van der Waals surface area contributed by atoms with E-state index in [9.17, 15) is 0 Å². The van der Waals surface area contributed by atoms with Gasteiger partial charge in [0.05, 0.1) is 5.69 Å². The Labute approximate surface area is 96.5 Å². The van der Waals surface area contributed by atoms with Gasteiger partial charge < -0.3 is 4.90 Å². The number of anilines is 1. The van der Waals surface area contributed by atoms with Crippen molar-refractivity contribution in [2.24, 2.45) is 0 Å². The van der Waals surface area contributed by atoms with Crippen LogP contribution >= 0.6 is 11.6 Å². The second-order valence-corrected chi connectivity index (χ2v) is 3.77. The van der Waals surface area contributed by atoms with Crippen molar-refractivity contribution in [1.82, 2.24) is 9.97 Å². The Hall–Kier alpha value is -0.830. The number of hydrogen-bond donors (Lipinski definition) is 0. The Kier molecular flexibility index (Phi) is 4.33. The van der Waals surface area contributed by atoms with Crippen LogP contribution in [-0.4, -0.2) is 23.1 Å². The van der Waals surface area contributed by atoms with Crippen molar-refractivity contribution >= 4 is 17.5 Å². The molecule has 1 aromatic rings. The van der Waals surface area contributed by atoms with E-state index >= 15 is 0 Å². The third-order valence-electron chi connectivity index (χ3n) is 2.56. The summed E-state index contributed by atoms with van der Waals surface area (Å²) in [7, 11) is 0. The van der Waals surface area contributed by atoms with Gasteiger partial charge >= 0.3 is 0 Å². The highest BCUT2D eigenvalue weighted by Crippen LogP contribution is 2.19. The number of aromatic nitrogens is 2. The molecule has 4 heteroatoms. The summed E-state index contributed by atoms with van der Waals surface area (Å²) in [6, 6.07) is 0. The van der Waals surface area contributed by atoms with Crippen molar-refractivity contribution in [1.29, 1.82) is 0 Å². The molecule has 0 fully saturated rings. The van der Waals surface area contributed by atoms with Gasteiger partial charge in [-0.1, -0.05) is 18.5 Å². The van der Waals surface area contributed by atoms with Gasteiger partial charge in [-0.3, -0.25) is 0 Å². The summed E-state index contributed by atoms with van der Waals surface area (Å²) in [4.78, 5) is 10.9. The van der Waals surface area contributed by atoms with E-state index in [0.29, 0.717) is 5.15 Å². The minimum atomic E-state index is 0.573. The number of hydrogen-bond acceptors (Lipinski definition) is 3. The molecule has 0 aliphatic carbocycles. The molecule has 0 aliphatic rings. The molecule has 3 nitrogen and oxygen atoms in total. The van der Waals surface area contributed by atoms with Crippen molar-refractivity contribution in [3.63, 3.8) is 0 Å². The third-order valence-corrected chi connectivity index (χ3v) is 2.92. The maximum Gasteiger partial charge on any atom is 0.226 e. The van der Waals surface area contributed by atoms with Gasteiger partial charge in [-0.2, -0.15) is 0 Å². The van der Waals surface area contributed by atoms with Crippen LogP contribution in [0.1, 0.15) is 32.0 Å². The van der Waals surface area contributed by atoms with E-state index in [1.807, 2.05) is 6.92 Å². The summed E-state index contributed by atoms with van der Waals surface area (Å²) < 4.78 is 0. The maximum absolute atomic E-state index is 6.08. The molecular weight excluding hydrogens is 210 g/mol. The van der Waals surface area contributed by atoms with Crippen molar-refractivity contribution in [2.75, 3.05) is 18.0 Å². The van der Waals surface area contributed by atoms with Crippen LogP contribution in [0, 0.1) is 6.92 Å². The van der Waals surface area contributed by atoms with Crippen LogP contribution in [-0.2, 0) is 6.42 Å². The number of halogens is 1. The first-order chi connectivity index (χ1) is 7.13. The molecule has 0 atom stereocenters. The molecule has 0 amide bonds. The largest absolute Gasteiger partial charge is 0.341 e. The predicted molar refractivity (Wildman–Crippen MR) is 64.7 cm³/mol. The van der Waals surface area contributed by atoms with Gasteiger partial charge in [0.2, 0.25) is 5.95 Å². The van der Waals surface area contributed by atoms with Crippen molar-refractivity contribution < 1.29 is 0 Å². The van der Waals surface area contributed by atoms with Crippen molar-refractivity contribution in [2.45, 2.75) is 34.1 Å². The lowest BCUT2D eigenvalue weighted by Crippen LogP contribution is -2.24. The molecule has 0 bridgehead atoms. The van der Waals surface area contributed by atoms with Crippen LogP contribution in [0.4, 0.5) is 5.95 Å². The first-order valence-corrected chi connectivity index (χ1v) is 5.79. The molecular formula is C11H18ClN3. The van der Waals surface area contributed by atoms with Gasteiger partial charge in [0, 0.05) is 18.7 Å². The number of nitrogens with zero attached hydrogens (tertiary/aromatic N) is 3. The Bertz CT molecular complexity index is 335. The van der Waals surface area contributed by atoms with Crippen LogP contribution in [0.5, 0.6) is 0 Å². The van der Waals surface area contributed by atoms with Crippen molar-refractivity contribution in [3.05, 3.63) is 16.4 Å². The summed E-state index contributed by atoms with van der Waals surface area (Å²) >= 11 is 6.08. The third kappa shape index (κ3) is 2.59. The highest BCUT2D eigenvalue weighted by Gasteiger charge is 2.11. The lowest BCUT2D eigenvalue weighted by molar-refractivity contribution is 0.806. The normalized spacial score (nSPS) is 10.5. The summed E-state index contributed by atoms with van der Waals surface area (Å²) in [6.45, 7) is 10.0. The fourth-order valence-corrected chi connectivity index (χ4v) is 1.70. The fraction of sp³-hybridized carbons (Fsp3) is 0.636. The van der Waals surface area contributed by atoms with Crippen LogP contribution in [0.25, 0.3) is 0 Å². The van der Waals surface area contributed by atoms with Crippen LogP contribution in [0.3, 0.4) is 0 Å². The number of aryl methyl sites for hydroxylation is 1. The zero-order valence-electron chi connectivity index (χ0n) is 9.84. The van der Waals surface area contributed by atoms with Gasteiger partial charge in [0.1, 0.15) is 5.15 Å². The molecule has 0 aliphatic heterocycles. The Morgan fingerprint density at radius 3 is 2.20 bits per heavy atom. The van der Waals surface area contributed by atoms with Gasteiger partial charge in [0.25, 0.3) is 0 Å². The Balaban J connectivity index is 3.15. The minimum Gasteiger partial charge on any atom is -0.341 e. The predicted octanol–water partition coefficient (Wildman–Crippen LogP) is 2.85. The van der Waals surface area contributed by atoms with E-state index in [-0.39, 0.29) is 0 Å². The Morgan fingerprint density at radius 2 is 1.73 bits per heavy atom. The van der Waals surface area contributed by atoms with Gasteiger partial charge in [-0.25, -0.2) is 9.97 Å². The molecule has 15 heavy (non-hydrogen) atoms. The van der Waals surface area contributed by atoms with Crippen molar-refractivity contribution in [3.8, 4) is 0 Å². The van der Waals surface area contributed by atoms with Gasteiger partial charge in [-0.15, -0.1) is 0 Å². The summed E-state index contributed by atoms with van der Waals surface area (Å²) in [5.41, 5.74) is 2.03. The number of rotatable bonds is 4. The molecule has 0 radical (unpaired) electrons. The standard InChI is InChI=1S/C11H18ClN3/c1-5-9-8(4)10(12)14-11(13-9)15(6-2)7-3/h5-7H2,1-4H3. The van der Waals surface area contributed by atoms with Crippen LogP contribution in [0.15, 0.2) is 0 Å². The lowest BCUT2D eigenvalue weighted by Gasteiger charge is -2.19. The van der Waals surface area contributed by atoms with Gasteiger partial charge in [-0.05, 0) is 27.2 Å². The topological polar surface area (TPSA) is 29.0 Å². The second kappa shape index (κ2) is 5.31. The van der Waals surface area contributed by atoms with E-state index in [0.717, 1.165) is 36.7 Å². The minimum absolute atomic E-state index is 0.573.